The summed E-state index contributed by atoms with van der Waals surface area (Å²) in [5.41, 5.74) is 0.328. The summed E-state index contributed by atoms with van der Waals surface area (Å²) < 4.78 is 70.0. The van der Waals surface area contributed by atoms with Crippen LogP contribution in [0.25, 0.3) is 17.0 Å². The fourth-order valence-corrected chi connectivity index (χ4v) is 3.31. The normalized spacial score (nSPS) is 11.7. The molecule has 0 unspecified atom stereocenters. The van der Waals surface area contributed by atoms with Crippen LogP contribution in [0.15, 0.2) is 76.0 Å². The van der Waals surface area contributed by atoms with E-state index in [1.807, 2.05) is 0 Å². The Balaban J connectivity index is 1.68. The van der Waals surface area contributed by atoms with Crippen molar-refractivity contribution in [3.8, 4) is 17.2 Å². The van der Waals surface area contributed by atoms with Crippen LogP contribution in [0.3, 0.4) is 0 Å². The zero-order chi connectivity index (χ0) is 26.0. The van der Waals surface area contributed by atoms with Gasteiger partial charge in [-0.3, -0.25) is 4.79 Å². The lowest BCUT2D eigenvalue weighted by molar-refractivity contribution is -0.154. The lowest BCUT2D eigenvalue weighted by Crippen LogP contribution is -2.16. The van der Waals surface area contributed by atoms with E-state index in [0.29, 0.717) is 11.1 Å². The predicted molar refractivity (Wildman–Crippen MR) is 125 cm³/mol. The van der Waals surface area contributed by atoms with E-state index in [2.05, 4.69) is 0 Å². The maximum atomic E-state index is 13.8. The summed E-state index contributed by atoms with van der Waals surface area (Å²) in [4.78, 5) is 25.1. The lowest BCUT2D eigenvalue weighted by Gasteiger charge is -2.15. The molecule has 9 heteroatoms. The number of fused-ring (bicyclic) bond motifs is 1. The van der Waals surface area contributed by atoms with E-state index < -0.39 is 40.5 Å². The van der Waals surface area contributed by atoms with Gasteiger partial charge in [-0.15, -0.1) is 0 Å². The first-order chi connectivity index (χ1) is 17.0. The summed E-state index contributed by atoms with van der Waals surface area (Å²) in [7, 11) is 0. The molecule has 0 saturated heterocycles. The molecule has 0 atom stereocenters. The van der Waals surface area contributed by atoms with Crippen molar-refractivity contribution in [2.45, 2.75) is 20.0 Å². The molecule has 3 aromatic carbocycles. The SMILES string of the molecule is Cc1ccc(C)c(Oc2c(C(F)(F)F)oc3cc(OC(=O)C=Cc4ccc(F)cc4)ccc3c2=O)c1. The van der Waals surface area contributed by atoms with Gasteiger partial charge in [-0.05, 0) is 66.9 Å². The number of rotatable bonds is 5. The highest BCUT2D eigenvalue weighted by Crippen LogP contribution is 2.39. The Morgan fingerprint density at radius 1 is 0.972 bits per heavy atom. The first-order valence-corrected chi connectivity index (χ1v) is 10.6. The van der Waals surface area contributed by atoms with Gasteiger partial charge in [-0.2, -0.15) is 13.2 Å². The van der Waals surface area contributed by atoms with E-state index >= 15 is 0 Å². The van der Waals surface area contributed by atoms with Crippen LogP contribution in [0, 0.1) is 19.7 Å². The summed E-state index contributed by atoms with van der Waals surface area (Å²) in [5.74, 6) is -3.93. The topological polar surface area (TPSA) is 65.7 Å². The maximum Gasteiger partial charge on any atom is 0.453 e. The number of alkyl halides is 3. The molecule has 0 aliphatic carbocycles. The molecule has 0 saturated carbocycles. The minimum absolute atomic E-state index is 0.0886. The van der Waals surface area contributed by atoms with Crippen LogP contribution in [-0.2, 0) is 11.0 Å². The Hall–Kier alpha value is -4.40. The van der Waals surface area contributed by atoms with Crippen LogP contribution in [-0.4, -0.2) is 5.97 Å². The Morgan fingerprint density at radius 3 is 2.39 bits per heavy atom. The number of hydrogen-bond donors (Lipinski definition) is 0. The van der Waals surface area contributed by atoms with Crippen LogP contribution in [0.4, 0.5) is 17.6 Å². The van der Waals surface area contributed by atoms with Crippen LogP contribution in [0.2, 0.25) is 0 Å². The molecule has 0 aliphatic rings. The molecule has 36 heavy (non-hydrogen) atoms. The zero-order valence-corrected chi connectivity index (χ0v) is 19.0. The van der Waals surface area contributed by atoms with E-state index in [9.17, 15) is 27.2 Å². The predicted octanol–water partition coefficient (Wildman–Crippen LogP) is 6.98. The van der Waals surface area contributed by atoms with Crippen LogP contribution in [0.1, 0.15) is 22.5 Å². The fourth-order valence-electron chi connectivity index (χ4n) is 3.31. The van der Waals surface area contributed by atoms with Crippen molar-refractivity contribution in [2.75, 3.05) is 0 Å². The molecule has 0 fully saturated rings. The average Bonchev–Trinajstić information content (AvgIpc) is 2.82. The molecule has 0 spiro atoms. The third-order valence-corrected chi connectivity index (χ3v) is 5.14. The molecule has 0 N–H and O–H groups in total. The van der Waals surface area contributed by atoms with E-state index in [4.69, 9.17) is 13.9 Å². The number of benzene rings is 3. The van der Waals surface area contributed by atoms with Crippen molar-refractivity contribution < 1.29 is 36.2 Å². The number of ether oxygens (including phenoxy) is 2. The second kappa shape index (κ2) is 9.69. The highest BCUT2D eigenvalue weighted by Gasteiger charge is 2.40. The van der Waals surface area contributed by atoms with Gasteiger partial charge in [0.25, 0.3) is 5.76 Å². The average molecular weight is 498 g/mol. The Labute approximate surface area is 202 Å². The van der Waals surface area contributed by atoms with Gasteiger partial charge in [0.15, 0.2) is 0 Å². The largest absolute Gasteiger partial charge is 0.453 e. The number of aryl methyl sites for hydroxylation is 2. The Kier molecular flexibility index (Phi) is 6.65. The third-order valence-electron chi connectivity index (χ3n) is 5.14. The molecule has 0 radical (unpaired) electrons. The van der Waals surface area contributed by atoms with Crippen molar-refractivity contribution in [1.29, 1.82) is 0 Å². The monoisotopic (exact) mass is 498 g/mol. The molecule has 1 heterocycles. The second-order valence-corrected chi connectivity index (χ2v) is 7.92. The van der Waals surface area contributed by atoms with Crippen molar-refractivity contribution >= 4 is 23.0 Å². The minimum Gasteiger partial charge on any atom is -0.449 e. The summed E-state index contributed by atoms with van der Waals surface area (Å²) in [6, 6.07) is 13.7. The first kappa shape index (κ1) is 24.7. The molecule has 184 valence electrons. The number of carbonyl (C=O) groups excluding carboxylic acids is 1. The third kappa shape index (κ3) is 5.46. The van der Waals surface area contributed by atoms with Gasteiger partial charge in [0.1, 0.15) is 22.9 Å². The quantitative estimate of drug-likeness (QED) is 0.129. The summed E-state index contributed by atoms with van der Waals surface area (Å²) in [6.07, 6.45) is -2.59. The summed E-state index contributed by atoms with van der Waals surface area (Å²) in [5, 5.41) is -0.190. The van der Waals surface area contributed by atoms with Gasteiger partial charge in [0, 0.05) is 12.1 Å². The zero-order valence-electron chi connectivity index (χ0n) is 19.0. The van der Waals surface area contributed by atoms with Gasteiger partial charge >= 0.3 is 12.1 Å². The van der Waals surface area contributed by atoms with Crippen LogP contribution >= 0.6 is 0 Å². The first-order valence-electron chi connectivity index (χ1n) is 10.6. The molecule has 5 nitrogen and oxygen atoms in total. The number of esters is 1. The van der Waals surface area contributed by atoms with E-state index in [-0.39, 0.29) is 16.9 Å². The molecular weight excluding hydrogens is 480 g/mol. The molecule has 1 aromatic heterocycles. The highest BCUT2D eigenvalue weighted by molar-refractivity contribution is 5.89. The van der Waals surface area contributed by atoms with Crippen molar-refractivity contribution in [2.24, 2.45) is 0 Å². The molecule has 4 aromatic rings. The summed E-state index contributed by atoms with van der Waals surface area (Å²) >= 11 is 0. The van der Waals surface area contributed by atoms with Gasteiger partial charge in [0.05, 0.1) is 5.39 Å². The van der Waals surface area contributed by atoms with Gasteiger partial charge < -0.3 is 13.9 Å². The lowest BCUT2D eigenvalue weighted by atomic mass is 10.1. The standard InChI is InChI=1S/C27H18F4O5/c1-15-3-4-16(2)21(13-15)35-25-24(33)20-11-10-19(14-22(20)36-26(25)27(29,30)31)34-23(32)12-7-17-5-8-18(28)9-6-17/h3-14H,1-2H3. The number of hydrogen-bond acceptors (Lipinski definition) is 5. The van der Waals surface area contributed by atoms with E-state index in [0.717, 1.165) is 17.7 Å². The highest BCUT2D eigenvalue weighted by atomic mass is 19.4. The molecule has 0 amide bonds. The van der Waals surface area contributed by atoms with Gasteiger partial charge in [-0.25, -0.2) is 9.18 Å². The maximum absolute atomic E-state index is 13.8. The van der Waals surface area contributed by atoms with E-state index in [1.165, 1.54) is 48.5 Å². The van der Waals surface area contributed by atoms with Gasteiger partial charge in [-0.1, -0.05) is 24.3 Å². The molecular formula is C27H18F4O5. The molecule has 0 aliphatic heterocycles. The van der Waals surface area contributed by atoms with Crippen molar-refractivity contribution in [1.82, 2.24) is 0 Å². The second-order valence-electron chi connectivity index (χ2n) is 7.92. The number of carbonyl (C=O) groups is 1. The van der Waals surface area contributed by atoms with Crippen LogP contribution < -0.4 is 14.9 Å². The Bertz CT molecular complexity index is 1530. The van der Waals surface area contributed by atoms with E-state index in [1.54, 1.807) is 26.0 Å². The van der Waals surface area contributed by atoms with Crippen molar-refractivity contribution in [3.63, 3.8) is 0 Å². The molecule has 0 bridgehead atoms. The van der Waals surface area contributed by atoms with Crippen LogP contribution in [0.5, 0.6) is 17.2 Å². The van der Waals surface area contributed by atoms with Gasteiger partial charge in [0.2, 0.25) is 11.2 Å². The van der Waals surface area contributed by atoms with Crippen molar-refractivity contribution in [3.05, 3.63) is 105 Å². The Morgan fingerprint density at radius 2 is 1.69 bits per heavy atom. The fraction of sp³-hybridized carbons (Fsp3) is 0.111. The number of halogens is 4. The minimum atomic E-state index is -5.04. The smallest absolute Gasteiger partial charge is 0.449 e. The molecule has 4 rings (SSSR count). The summed E-state index contributed by atoms with van der Waals surface area (Å²) in [6.45, 7) is 3.37.